The van der Waals surface area contributed by atoms with Crippen LogP contribution >= 0.6 is 0 Å². The Morgan fingerprint density at radius 3 is 2.47 bits per heavy atom. The average Bonchev–Trinajstić information content (AvgIpc) is 2.44. The number of rotatable bonds is 2. The smallest absolute Gasteiger partial charge is 0.328 e. The lowest BCUT2D eigenvalue weighted by molar-refractivity contribution is -0.131. The summed E-state index contributed by atoms with van der Waals surface area (Å²) >= 11 is 0. The van der Waals surface area contributed by atoms with Crippen molar-refractivity contribution in [3.05, 3.63) is 66.2 Å². The minimum absolute atomic E-state index is 0.922. The zero-order valence-corrected chi connectivity index (χ0v) is 10.2. The summed E-state index contributed by atoms with van der Waals surface area (Å²) in [6.45, 7) is 0. The molecule has 0 amide bonds. The number of aliphatic carboxylic acids is 1. The van der Waals surface area contributed by atoms with Gasteiger partial charge in [-0.3, -0.25) is 0 Å². The topological polar surface area (TPSA) is 37.3 Å². The third-order valence-corrected chi connectivity index (χ3v) is 3.23. The van der Waals surface area contributed by atoms with E-state index in [1.54, 1.807) is 6.08 Å². The van der Waals surface area contributed by atoms with Gasteiger partial charge < -0.3 is 5.11 Å². The molecule has 0 atom stereocenters. The van der Waals surface area contributed by atoms with Crippen LogP contribution in [0.1, 0.15) is 5.56 Å². The van der Waals surface area contributed by atoms with Crippen LogP contribution in [0.25, 0.3) is 27.6 Å². The zero-order chi connectivity index (χ0) is 13.2. The van der Waals surface area contributed by atoms with Crippen molar-refractivity contribution in [1.82, 2.24) is 0 Å². The van der Waals surface area contributed by atoms with E-state index in [1.165, 1.54) is 16.8 Å². The zero-order valence-electron chi connectivity index (χ0n) is 10.2. The van der Waals surface area contributed by atoms with E-state index in [2.05, 4.69) is 24.3 Å². The number of benzene rings is 3. The lowest BCUT2D eigenvalue weighted by Gasteiger charge is -2.06. The van der Waals surface area contributed by atoms with Crippen LogP contribution in [0.4, 0.5) is 0 Å². The maximum atomic E-state index is 10.6. The van der Waals surface area contributed by atoms with Gasteiger partial charge in [0, 0.05) is 6.08 Å². The second kappa shape index (κ2) is 4.58. The number of fused-ring (bicyclic) bond motifs is 3. The molecule has 0 spiro atoms. The second-order valence-corrected chi connectivity index (χ2v) is 4.40. The van der Waals surface area contributed by atoms with Crippen molar-refractivity contribution in [2.75, 3.05) is 0 Å². The fraction of sp³-hybridized carbons (Fsp3) is 0. The first-order valence-electron chi connectivity index (χ1n) is 6.07. The van der Waals surface area contributed by atoms with Gasteiger partial charge in [-0.25, -0.2) is 4.79 Å². The number of hydrogen-bond donors (Lipinski definition) is 1. The van der Waals surface area contributed by atoms with E-state index < -0.39 is 5.97 Å². The summed E-state index contributed by atoms with van der Waals surface area (Å²) in [6.07, 6.45) is 2.81. The van der Waals surface area contributed by atoms with Gasteiger partial charge in [-0.15, -0.1) is 0 Å². The summed E-state index contributed by atoms with van der Waals surface area (Å²) < 4.78 is 0. The SMILES string of the molecule is O=C(O)C=Cc1cccc2c1ccc1ccccc12. The van der Waals surface area contributed by atoms with E-state index >= 15 is 0 Å². The molecule has 92 valence electrons. The summed E-state index contributed by atoms with van der Waals surface area (Å²) in [5.41, 5.74) is 0.922. The molecule has 3 aromatic rings. The Morgan fingerprint density at radius 1 is 0.842 bits per heavy atom. The fourth-order valence-corrected chi connectivity index (χ4v) is 2.37. The van der Waals surface area contributed by atoms with E-state index in [1.807, 2.05) is 30.3 Å². The highest BCUT2D eigenvalue weighted by Crippen LogP contribution is 2.28. The molecule has 2 heteroatoms. The first-order valence-corrected chi connectivity index (χ1v) is 6.07. The molecule has 0 aliphatic carbocycles. The standard InChI is InChI=1S/C17H12O2/c18-17(19)11-9-13-5-3-7-16-14-6-2-1-4-12(14)8-10-15(13)16/h1-11H,(H,18,19). The molecule has 0 aliphatic heterocycles. The van der Waals surface area contributed by atoms with Gasteiger partial charge in [0.2, 0.25) is 0 Å². The van der Waals surface area contributed by atoms with Crippen LogP contribution in [-0.4, -0.2) is 11.1 Å². The molecule has 0 bridgehead atoms. The Bertz CT molecular complexity index is 801. The normalized spacial score (nSPS) is 11.4. The van der Waals surface area contributed by atoms with E-state index in [0.29, 0.717) is 0 Å². The highest BCUT2D eigenvalue weighted by Gasteiger charge is 2.02. The molecule has 0 saturated carbocycles. The van der Waals surface area contributed by atoms with Crippen molar-refractivity contribution < 1.29 is 9.90 Å². The molecule has 3 aromatic carbocycles. The molecule has 19 heavy (non-hydrogen) atoms. The van der Waals surface area contributed by atoms with Crippen molar-refractivity contribution in [2.24, 2.45) is 0 Å². The third kappa shape index (κ3) is 2.08. The minimum atomic E-state index is -0.933. The molecule has 0 heterocycles. The van der Waals surface area contributed by atoms with Gasteiger partial charge in [0.05, 0.1) is 0 Å². The monoisotopic (exact) mass is 248 g/mol. The van der Waals surface area contributed by atoms with Gasteiger partial charge in [-0.2, -0.15) is 0 Å². The number of hydrogen-bond acceptors (Lipinski definition) is 1. The maximum Gasteiger partial charge on any atom is 0.328 e. The second-order valence-electron chi connectivity index (χ2n) is 4.40. The number of carboxylic acid groups (broad SMARTS) is 1. The third-order valence-electron chi connectivity index (χ3n) is 3.23. The Balaban J connectivity index is 2.32. The van der Waals surface area contributed by atoms with E-state index in [0.717, 1.165) is 16.3 Å². The van der Waals surface area contributed by atoms with Crippen LogP contribution in [0.5, 0.6) is 0 Å². The molecule has 0 radical (unpaired) electrons. The summed E-state index contributed by atoms with van der Waals surface area (Å²) in [6, 6.07) is 18.2. The van der Waals surface area contributed by atoms with Gasteiger partial charge in [-0.1, -0.05) is 54.6 Å². The molecular weight excluding hydrogens is 236 g/mol. The highest BCUT2D eigenvalue weighted by molar-refractivity contribution is 6.10. The lowest BCUT2D eigenvalue weighted by Crippen LogP contribution is -1.86. The van der Waals surface area contributed by atoms with Crippen molar-refractivity contribution in [3.63, 3.8) is 0 Å². The van der Waals surface area contributed by atoms with Crippen molar-refractivity contribution in [2.45, 2.75) is 0 Å². The van der Waals surface area contributed by atoms with Crippen LogP contribution in [0.3, 0.4) is 0 Å². The summed E-state index contributed by atoms with van der Waals surface area (Å²) in [7, 11) is 0. The molecule has 2 nitrogen and oxygen atoms in total. The van der Waals surface area contributed by atoms with E-state index in [9.17, 15) is 4.79 Å². The molecule has 0 saturated heterocycles. The Morgan fingerprint density at radius 2 is 1.63 bits per heavy atom. The Labute approximate surface area is 110 Å². The number of carbonyl (C=O) groups is 1. The van der Waals surface area contributed by atoms with Gasteiger partial charge in [-0.05, 0) is 33.2 Å². The van der Waals surface area contributed by atoms with Crippen LogP contribution < -0.4 is 0 Å². The first kappa shape index (κ1) is 11.5. The van der Waals surface area contributed by atoms with Gasteiger partial charge in [0.15, 0.2) is 0 Å². The fourth-order valence-electron chi connectivity index (χ4n) is 2.37. The highest BCUT2D eigenvalue weighted by atomic mass is 16.4. The van der Waals surface area contributed by atoms with Gasteiger partial charge in [0.1, 0.15) is 0 Å². The summed E-state index contributed by atoms with van der Waals surface area (Å²) in [5, 5.41) is 13.3. The van der Waals surface area contributed by atoms with Crippen molar-refractivity contribution in [1.29, 1.82) is 0 Å². The maximum absolute atomic E-state index is 10.6. The largest absolute Gasteiger partial charge is 0.478 e. The van der Waals surface area contributed by atoms with Gasteiger partial charge in [0.25, 0.3) is 0 Å². The first-order chi connectivity index (χ1) is 9.25. The molecule has 3 rings (SSSR count). The van der Waals surface area contributed by atoms with Crippen molar-refractivity contribution >= 4 is 33.6 Å². The lowest BCUT2D eigenvalue weighted by atomic mass is 9.98. The van der Waals surface area contributed by atoms with Crippen LogP contribution in [0, 0.1) is 0 Å². The Kier molecular flexibility index (Phi) is 2.76. The summed E-state index contributed by atoms with van der Waals surface area (Å²) in [4.78, 5) is 10.6. The molecule has 0 aromatic heterocycles. The average molecular weight is 248 g/mol. The quantitative estimate of drug-likeness (QED) is 0.548. The number of carboxylic acids is 1. The Hall–Kier alpha value is -2.61. The van der Waals surface area contributed by atoms with E-state index in [-0.39, 0.29) is 0 Å². The predicted octanol–water partition coefficient (Wildman–Crippen LogP) is 4.09. The molecule has 0 unspecified atom stereocenters. The van der Waals surface area contributed by atoms with Crippen LogP contribution in [0.2, 0.25) is 0 Å². The molecule has 0 aliphatic rings. The minimum Gasteiger partial charge on any atom is -0.478 e. The predicted molar refractivity (Wildman–Crippen MR) is 78.1 cm³/mol. The van der Waals surface area contributed by atoms with E-state index in [4.69, 9.17) is 5.11 Å². The molecule has 0 fully saturated rings. The van der Waals surface area contributed by atoms with Crippen LogP contribution in [0.15, 0.2) is 60.7 Å². The van der Waals surface area contributed by atoms with Gasteiger partial charge >= 0.3 is 5.97 Å². The summed E-state index contributed by atoms with van der Waals surface area (Å²) in [5.74, 6) is -0.933. The van der Waals surface area contributed by atoms with Crippen molar-refractivity contribution in [3.8, 4) is 0 Å². The van der Waals surface area contributed by atoms with Crippen LogP contribution in [-0.2, 0) is 4.79 Å². The molecule has 1 N–H and O–H groups in total. The molecular formula is C17H12O2.